The summed E-state index contributed by atoms with van der Waals surface area (Å²) in [5.41, 5.74) is 5.41. The Balaban J connectivity index is 2.33. The summed E-state index contributed by atoms with van der Waals surface area (Å²) in [6.07, 6.45) is 1.20. The van der Waals surface area contributed by atoms with E-state index in [0.717, 1.165) is 17.9 Å². The van der Waals surface area contributed by atoms with Crippen molar-refractivity contribution in [3.05, 3.63) is 0 Å². The van der Waals surface area contributed by atoms with Crippen LogP contribution in [0.4, 0.5) is 0 Å². The van der Waals surface area contributed by atoms with Gasteiger partial charge in [-0.2, -0.15) is 0 Å². The lowest BCUT2D eigenvalue weighted by Gasteiger charge is -2.25. The quantitative estimate of drug-likeness (QED) is 0.290. The number of carbonyl (C=O) groups is 1. The van der Waals surface area contributed by atoms with Gasteiger partial charge in [-0.25, -0.2) is 0 Å². The Kier molecular flexibility index (Phi) is 9.89. The second-order valence-electron chi connectivity index (χ2n) is 5.22. The molecule has 1 saturated heterocycles. The third-order valence-electron chi connectivity index (χ3n) is 3.12. The summed E-state index contributed by atoms with van der Waals surface area (Å²) in [6.45, 7) is -0.0641. The van der Waals surface area contributed by atoms with Crippen LogP contribution in [0.3, 0.4) is 0 Å². The van der Waals surface area contributed by atoms with Gasteiger partial charge in [0, 0.05) is 37.7 Å². The number of aliphatic hydroxyl groups excluding tert-OH is 1. The van der Waals surface area contributed by atoms with E-state index in [9.17, 15) is 14.8 Å². The average Bonchev–Trinajstić information content (AvgIpc) is 2.81. The third-order valence-corrected chi connectivity index (χ3v) is 6.59. The molecule has 0 aliphatic carbocycles. The molecule has 1 heterocycles. The topological polar surface area (TPSA) is 96.0 Å². The Morgan fingerprint density at radius 1 is 1.50 bits per heavy atom. The van der Waals surface area contributed by atoms with Crippen molar-refractivity contribution in [3.63, 3.8) is 0 Å². The van der Waals surface area contributed by atoms with E-state index >= 15 is 0 Å². The largest absolute Gasteiger partial charge is 0.391 e. The number of aliphatic hydroxyl groups is 1. The molecule has 1 fully saturated rings. The van der Waals surface area contributed by atoms with Crippen molar-refractivity contribution < 1.29 is 19.3 Å². The maximum Gasteiger partial charge on any atom is 0.223 e. The first-order chi connectivity index (χ1) is 10.3. The number of carbonyl (C=O) groups excluding carboxylic acids is 1. The molecule has 1 aliphatic heterocycles. The van der Waals surface area contributed by atoms with Crippen LogP contribution in [0.5, 0.6) is 0 Å². The van der Waals surface area contributed by atoms with Crippen LogP contribution in [0.2, 0.25) is 0 Å². The molecule has 130 valence electrons. The fraction of sp³-hybridized carbons (Fsp3) is 0.917. The van der Waals surface area contributed by atoms with Gasteiger partial charge in [-0.15, -0.1) is 0 Å². The fourth-order valence-electron chi connectivity index (χ4n) is 2.17. The van der Waals surface area contributed by atoms with Crippen LogP contribution in [-0.4, -0.2) is 70.8 Å². The number of nitrogens with two attached hydrogens (primary N) is 1. The van der Waals surface area contributed by atoms with Crippen molar-refractivity contribution in [2.45, 2.75) is 31.4 Å². The number of hydrogen-bond acceptors (Lipinski definition) is 7. The lowest BCUT2D eigenvalue weighted by Crippen LogP contribution is -2.38. The van der Waals surface area contributed by atoms with Gasteiger partial charge in [-0.1, -0.05) is 21.6 Å². The fourth-order valence-corrected chi connectivity index (χ4v) is 4.75. The van der Waals surface area contributed by atoms with E-state index < -0.39 is 12.6 Å². The molecule has 22 heavy (non-hydrogen) atoms. The predicted molar refractivity (Wildman–Crippen MR) is 97.7 cm³/mol. The van der Waals surface area contributed by atoms with Gasteiger partial charge in [0.05, 0.1) is 18.8 Å². The summed E-state index contributed by atoms with van der Waals surface area (Å²) in [4.78, 5) is 23.5. The molecule has 1 amide bonds. The Morgan fingerprint density at radius 3 is 2.82 bits per heavy atom. The minimum absolute atomic E-state index is 0.0249. The number of amides is 1. The van der Waals surface area contributed by atoms with Crippen molar-refractivity contribution >= 4 is 45.8 Å². The van der Waals surface area contributed by atoms with E-state index in [4.69, 9.17) is 22.1 Å². The van der Waals surface area contributed by atoms with Crippen LogP contribution < -0.4 is 5.73 Å². The molecule has 0 aromatic heterocycles. The molecule has 0 saturated carbocycles. The van der Waals surface area contributed by atoms with Gasteiger partial charge < -0.3 is 25.2 Å². The minimum Gasteiger partial charge on any atom is -0.391 e. The van der Waals surface area contributed by atoms with Gasteiger partial charge in [0.25, 0.3) is 0 Å². The molecule has 0 aromatic carbocycles. The molecule has 0 bridgehead atoms. The van der Waals surface area contributed by atoms with Gasteiger partial charge >= 0.3 is 0 Å². The summed E-state index contributed by atoms with van der Waals surface area (Å²) in [5, 5.41) is 9.77. The molecular weight excluding hydrogens is 363 g/mol. The van der Waals surface area contributed by atoms with Gasteiger partial charge in [0.2, 0.25) is 5.91 Å². The first-order valence-electron chi connectivity index (χ1n) is 7.20. The molecule has 0 spiro atoms. The van der Waals surface area contributed by atoms with Crippen LogP contribution in [0, 0.1) is 0 Å². The summed E-state index contributed by atoms with van der Waals surface area (Å²) in [7, 11) is 3.45. The van der Waals surface area contributed by atoms with E-state index in [1.165, 1.54) is 6.66 Å². The second kappa shape index (κ2) is 10.5. The molecule has 6 nitrogen and oxygen atoms in total. The van der Waals surface area contributed by atoms with Crippen molar-refractivity contribution in [2.75, 3.05) is 37.9 Å². The zero-order chi connectivity index (χ0) is 16.6. The highest BCUT2D eigenvalue weighted by atomic mass is 33.1. The SMILES string of the molecule is CP(O)(=S)OC[C@@H]1C[C@@H](O)CN1C(=O)CCCSSCCN. The Bertz CT molecular complexity index is 397. The van der Waals surface area contributed by atoms with Crippen molar-refractivity contribution in [2.24, 2.45) is 5.73 Å². The van der Waals surface area contributed by atoms with Gasteiger partial charge in [0.1, 0.15) is 0 Å². The lowest BCUT2D eigenvalue weighted by molar-refractivity contribution is -0.132. The van der Waals surface area contributed by atoms with Gasteiger partial charge in [-0.3, -0.25) is 4.79 Å². The maximum absolute atomic E-state index is 12.3. The molecule has 0 aromatic rings. The second-order valence-corrected chi connectivity index (χ2v) is 11.8. The lowest BCUT2D eigenvalue weighted by atomic mass is 10.2. The van der Waals surface area contributed by atoms with Crippen LogP contribution in [0.15, 0.2) is 0 Å². The predicted octanol–water partition coefficient (Wildman–Crippen LogP) is 1.02. The number of nitrogens with zero attached hydrogens (tertiary/aromatic N) is 1. The molecule has 1 aliphatic rings. The van der Waals surface area contributed by atoms with Crippen LogP contribution in [0.25, 0.3) is 0 Å². The number of rotatable bonds is 10. The number of β-amino-alcohol motifs (C(OH)–C–C–N with tert-alkyl or cyclic N) is 1. The molecule has 1 rings (SSSR count). The van der Waals surface area contributed by atoms with Crippen LogP contribution in [-0.2, 0) is 21.1 Å². The molecule has 4 N–H and O–H groups in total. The molecule has 0 radical (unpaired) electrons. The normalized spacial score (nSPS) is 24.5. The minimum atomic E-state index is -2.73. The standard InChI is InChI=1S/C12H25N2O4PS3/c1-19(17,20)18-9-10-7-11(15)8-14(10)12(16)3-2-5-21-22-6-4-13/h10-11,15H,2-9,13H2,1H3,(H,17,20)/t10-,11+,19?/m0/s1. The number of likely N-dealkylation sites (tertiary alicyclic amines) is 1. The molecule has 1 unspecified atom stereocenters. The van der Waals surface area contributed by atoms with Crippen LogP contribution in [0.1, 0.15) is 19.3 Å². The van der Waals surface area contributed by atoms with Gasteiger partial charge in [-0.05, 0) is 24.6 Å². The van der Waals surface area contributed by atoms with Crippen molar-refractivity contribution in [1.82, 2.24) is 4.90 Å². The van der Waals surface area contributed by atoms with E-state index in [-0.39, 0.29) is 18.6 Å². The van der Waals surface area contributed by atoms with Crippen molar-refractivity contribution in [1.29, 1.82) is 0 Å². The smallest absolute Gasteiger partial charge is 0.223 e. The summed E-state index contributed by atoms with van der Waals surface area (Å²) in [5.74, 6) is 1.85. The zero-order valence-corrected chi connectivity index (χ0v) is 16.1. The van der Waals surface area contributed by atoms with E-state index in [0.29, 0.717) is 25.9 Å². The average molecular weight is 389 g/mol. The van der Waals surface area contributed by atoms with E-state index in [1.54, 1.807) is 26.5 Å². The van der Waals surface area contributed by atoms with Crippen LogP contribution >= 0.6 is 28.1 Å². The zero-order valence-electron chi connectivity index (χ0n) is 12.7. The Hall–Kier alpha value is 0.660. The van der Waals surface area contributed by atoms with E-state index in [2.05, 4.69) is 0 Å². The maximum atomic E-state index is 12.3. The number of hydrogen-bond donors (Lipinski definition) is 3. The molecule has 3 atom stereocenters. The first kappa shape index (κ1) is 20.7. The highest BCUT2D eigenvalue weighted by Gasteiger charge is 2.34. The Labute approximate surface area is 145 Å². The highest BCUT2D eigenvalue weighted by molar-refractivity contribution is 8.76. The molecular formula is C12H25N2O4PS3. The first-order valence-corrected chi connectivity index (χ1v) is 12.8. The van der Waals surface area contributed by atoms with E-state index in [1.807, 2.05) is 0 Å². The molecule has 10 heteroatoms. The van der Waals surface area contributed by atoms with Gasteiger partial charge in [0.15, 0.2) is 6.49 Å². The summed E-state index contributed by atoms with van der Waals surface area (Å²) < 4.78 is 5.27. The summed E-state index contributed by atoms with van der Waals surface area (Å²) in [6, 6.07) is -0.198. The third kappa shape index (κ3) is 8.49. The summed E-state index contributed by atoms with van der Waals surface area (Å²) >= 11 is 4.84. The Morgan fingerprint density at radius 2 is 2.18 bits per heavy atom. The highest BCUT2D eigenvalue weighted by Crippen LogP contribution is 2.38. The van der Waals surface area contributed by atoms with Crippen molar-refractivity contribution in [3.8, 4) is 0 Å². The monoisotopic (exact) mass is 388 g/mol.